The van der Waals surface area contributed by atoms with E-state index in [1.807, 2.05) is 13.8 Å². The van der Waals surface area contributed by atoms with Gasteiger partial charge < -0.3 is 5.32 Å². The van der Waals surface area contributed by atoms with E-state index in [4.69, 9.17) is 23.2 Å². The van der Waals surface area contributed by atoms with Crippen LogP contribution in [0.4, 0.5) is 5.13 Å². The number of carbonyl (C=O) groups is 2. The van der Waals surface area contributed by atoms with Crippen LogP contribution in [0.1, 0.15) is 35.1 Å². The third-order valence-electron chi connectivity index (χ3n) is 2.77. The molecule has 0 radical (unpaired) electrons. The summed E-state index contributed by atoms with van der Waals surface area (Å²) in [5, 5.41) is 14.8. The first-order valence-electron chi connectivity index (χ1n) is 6.73. The van der Waals surface area contributed by atoms with Crippen LogP contribution in [0.5, 0.6) is 0 Å². The van der Waals surface area contributed by atoms with Crippen LogP contribution < -0.4 is 10.6 Å². The van der Waals surface area contributed by atoms with Gasteiger partial charge in [0.25, 0.3) is 5.91 Å². The molecule has 2 amide bonds. The molecule has 122 valence electrons. The Balaban J connectivity index is 1.89. The monoisotopic (exact) mass is 372 g/mol. The Bertz CT molecular complexity index is 733. The number of anilines is 1. The molecule has 2 rings (SSSR count). The highest BCUT2D eigenvalue weighted by atomic mass is 35.5. The van der Waals surface area contributed by atoms with Crippen molar-refractivity contribution in [3.05, 3.63) is 38.8 Å². The fourth-order valence-corrected chi connectivity index (χ4v) is 2.87. The van der Waals surface area contributed by atoms with Gasteiger partial charge >= 0.3 is 0 Å². The van der Waals surface area contributed by atoms with Gasteiger partial charge in [0.2, 0.25) is 11.0 Å². The molecule has 0 bridgehead atoms. The average molecular weight is 373 g/mol. The number of hydrogen-bond acceptors (Lipinski definition) is 5. The second kappa shape index (κ2) is 7.72. The van der Waals surface area contributed by atoms with E-state index < -0.39 is 11.8 Å². The van der Waals surface area contributed by atoms with E-state index in [2.05, 4.69) is 20.8 Å². The van der Waals surface area contributed by atoms with Crippen LogP contribution >= 0.6 is 34.5 Å². The molecule has 23 heavy (non-hydrogen) atoms. The van der Waals surface area contributed by atoms with Crippen molar-refractivity contribution in [2.24, 2.45) is 0 Å². The largest absolute Gasteiger partial charge is 0.343 e. The molecule has 2 aromatic rings. The van der Waals surface area contributed by atoms with Gasteiger partial charge in [0.05, 0.1) is 17.1 Å². The molecule has 0 saturated carbocycles. The fourth-order valence-electron chi connectivity index (χ4n) is 1.61. The van der Waals surface area contributed by atoms with Crippen LogP contribution in [-0.2, 0) is 4.79 Å². The molecule has 6 nitrogen and oxygen atoms in total. The number of aromatic nitrogens is 2. The first-order chi connectivity index (χ1) is 10.9. The molecule has 0 unspecified atom stereocenters. The summed E-state index contributed by atoms with van der Waals surface area (Å²) in [6.45, 7) is 3.78. The molecule has 0 fully saturated rings. The molecule has 0 atom stereocenters. The summed E-state index contributed by atoms with van der Waals surface area (Å²) in [5.41, 5.74) is 0.252. The molecule has 9 heteroatoms. The minimum Gasteiger partial charge on any atom is -0.343 e. The smallest absolute Gasteiger partial charge is 0.253 e. The van der Waals surface area contributed by atoms with Gasteiger partial charge in [-0.1, -0.05) is 48.4 Å². The van der Waals surface area contributed by atoms with Crippen molar-refractivity contribution in [2.45, 2.75) is 19.8 Å². The van der Waals surface area contributed by atoms with Gasteiger partial charge in [-0.3, -0.25) is 14.9 Å². The highest BCUT2D eigenvalue weighted by Gasteiger charge is 2.14. The topological polar surface area (TPSA) is 84.0 Å². The maximum atomic E-state index is 12.0. The van der Waals surface area contributed by atoms with E-state index >= 15 is 0 Å². The zero-order chi connectivity index (χ0) is 17.0. The molecular formula is C14H14Cl2N4O2S. The Morgan fingerprint density at radius 3 is 2.61 bits per heavy atom. The number of rotatable bonds is 5. The molecule has 0 aliphatic heterocycles. The average Bonchev–Trinajstić information content (AvgIpc) is 2.93. The molecule has 0 saturated heterocycles. The minimum atomic E-state index is -0.457. The predicted octanol–water partition coefficient (Wildman–Crippen LogP) is 3.34. The number of carbonyl (C=O) groups excluding carboxylic acids is 2. The highest BCUT2D eigenvalue weighted by molar-refractivity contribution is 7.15. The van der Waals surface area contributed by atoms with Crippen molar-refractivity contribution >= 4 is 51.5 Å². The SMILES string of the molecule is CC(C)c1nnc(NC(=O)CNC(=O)c2ccc(Cl)cc2Cl)s1. The normalized spacial score (nSPS) is 10.7. The fraction of sp³-hybridized carbons (Fsp3) is 0.286. The highest BCUT2D eigenvalue weighted by Crippen LogP contribution is 2.22. The lowest BCUT2D eigenvalue weighted by molar-refractivity contribution is -0.115. The van der Waals surface area contributed by atoms with Crippen LogP contribution in [0.25, 0.3) is 0 Å². The van der Waals surface area contributed by atoms with Crippen molar-refractivity contribution in [1.82, 2.24) is 15.5 Å². The van der Waals surface area contributed by atoms with Gasteiger partial charge in [0, 0.05) is 10.9 Å². The number of hydrogen-bond donors (Lipinski definition) is 2. The molecule has 0 aliphatic rings. The van der Waals surface area contributed by atoms with Gasteiger partial charge in [-0.25, -0.2) is 0 Å². The standard InChI is InChI=1S/C14H14Cl2N4O2S/c1-7(2)13-19-20-14(23-13)18-11(21)6-17-12(22)9-4-3-8(15)5-10(9)16/h3-5,7H,6H2,1-2H3,(H,17,22)(H,18,20,21). The summed E-state index contributed by atoms with van der Waals surface area (Å²) in [7, 11) is 0. The Morgan fingerprint density at radius 2 is 2.00 bits per heavy atom. The third kappa shape index (κ3) is 4.89. The van der Waals surface area contributed by atoms with Crippen molar-refractivity contribution < 1.29 is 9.59 Å². The van der Waals surface area contributed by atoms with Gasteiger partial charge in [-0.05, 0) is 18.2 Å². The van der Waals surface area contributed by atoms with Crippen LogP contribution in [0.15, 0.2) is 18.2 Å². The van der Waals surface area contributed by atoms with Crippen LogP contribution in [-0.4, -0.2) is 28.6 Å². The van der Waals surface area contributed by atoms with E-state index in [9.17, 15) is 9.59 Å². The molecule has 2 N–H and O–H groups in total. The summed E-state index contributed by atoms with van der Waals surface area (Å²) < 4.78 is 0. The van der Waals surface area contributed by atoms with Crippen LogP contribution in [0.3, 0.4) is 0 Å². The number of amides is 2. The molecule has 1 heterocycles. The van der Waals surface area contributed by atoms with Gasteiger partial charge in [-0.2, -0.15) is 0 Å². The second-order valence-corrected chi connectivity index (χ2v) is 6.81. The van der Waals surface area contributed by atoms with Crippen LogP contribution in [0, 0.1) is 0 Å². The summed E-state index contributed by atoms with van der Waals surface area (Å²) in [6, 6.07) is 4.52. The summed E-state index contributed by atoms with van der Waals surface area (Å²) in [6.07, 6.45) is 0. The predicted molar refractivity (Wildman–Crippen MR) is 91.4 cm³/mol. The zero-order valence-corrected chi connectivity index (χ0v) is 14.7. The molecule has 0 aliphatic carbocycles. The lowest BCUT2D eigenvalue weighted by Gasteiger charge is -2.06. The maximum absolute atomic E-state index is 12.0. The zero-order valence-electron chi connectivity index (χ0n) is 12.4. The van der Waals surface area contributed by atoms with E-state index in [0.29, 0.717) is 10.2 Å². The van der Waals surface area contributed by atoms with Crippen molar-refractivity contribution in [2.75, 3.05) is 11.9 Å². The first kappa shape index (κ1) is 17.7. The summed E-state index contributed by atoms with van der Waals surface area (Å²) >= 11 is 13.0. The maximum Gasteiger partial charge on any atom is 0.253 e. The third-order valence-corrected chi connectivity index (χ3v) is 4.45. The second-order valence-electron chi connectivity index (χ2n) is 4.96. The van der Waals surface area contributed by atoms with E-state index in [-0.39, 0.29) is 23.0 Å². The number of halogens is 2. The van der Waals surface area contributed by atoms with Gasteiger partial charge in [0.15, 0.2) is 0 Å². The Kier molecular flexibility index (Phi) is 5.92. The van der Waals surface area contributed by atoms with Gasteiger partial charge in [-0.15, -0.1) is 10.2 Å². The molecule has 0 spiro atoms. The van der Waals surface area contributed by atoms with Gasteiger partial charge in [0.1, 0.15) is 5.01 Å². The molecule has 1 aromatic heterocycles. The van der Waals surface area contributed by atoms with E-state index in [0.717, 1.165) is 5.01 Å². The number of nitrogens with one attached hydrogen (secondary N) is 2. The lowest BCUT2D eigenvalue weighted by atomic mass is 10.2. The summed E-state index contributed by atoms with van der Waals surface area (Å²) in [5.74, 6) is -0.609. The Hall–Kier alpha value is -1.70. The van der Waals surface area contributed by atoms with Crippen molar-refractivity contribution in [3.63, 3.8) is 0 Å². The van der Waals surface area contributed by atoms with E-state index in [1.165, 1.54) is 23.5 Å². The number of benzene rings is 1. The molecular weight excluding hydrogens is 359 g/mol. The number of nitrogens with zero attached hydrogens (tertiary/aromatic N) is 2. The Morgan fingerprint density at radius 1 is 1.26 bits per heavy atom. The lowest BCUT2D eigenvalue weighted by Crippen LogP contribution is -2.33. The van der Waals surface area contributed by atoms with E-state index in [1.54, 1.807) is 6.07 Å². The summed E-state index contributed by atoms with van der Waals surface area (Å²) in [4.78, 5) is 23.8. The minimum absolute atomic E-state index is 0.200. The molecule has 1 aromatic carbocycles. The van der Waals surface area contributed by atoms with Crippen molar-refractivity contribution in [3.8, 4) is 0 Å². The first-order valence-corrected chi connectivity index (χ1v) is 8.30. The van der Waals surface area contributed by atoms with Crippen molar-refractivity contribution in [1.29, 1.82) is 0 Å². The Labute approximate surface area is 147 Å². The quantitative estimate of drug-likeness (QED) is 0.842. The van der Waals surface area contributed by atoms with Crippen LogP contribution in [0.2, 0.25) is 10.0 Å².